The van der Waals surface area contributed by atoms with Crippen molar-refractivity contribution < 1.29 is 14.1 Å². The van der Waals surface area contributed by atoms with Crippen LogP contribution in [-0.2, 0) is 16.1 Å². The second-order valence-corrected chi connectivity index (χ2v) is 6.94. The molecule has 0 spiro atoms. The zero-order chi connectivity index (χ0) is 16.0. The first-order valence-corrected chi connectivity index (χ1v) is 8.45. The Kier molecular flexibility index (Phi) is 3.92. The Morgan fingerprint density at radius 2 is 1.91 bits per heavy atom. The van der Waals surface area contributed by atoms with E-state index in [2.05, 4.69) is 5.16 Å². The van der Waals surface area contributed by atoms with Gasteiger partial charge in [-0.25, -0.2) is 0 Å². The maximum atomic E-state index is 11.1. The van der Waals surface area contributed by atoms with Crippen molar-refractivity contribution in [1.29, 1.82) is 0 Å². The predicted molar refractivity (Wildman–Crippen MR) is 86.8 cm³/mol. The first-order chi connectivity index (χ1) is 11.1. The van der Waals surface area contributed by atoms with Gasteiger partial charge in [-0.05, 0) is 25.0 Å². The van der Waals surface area contributed by atoms with Crippen molar-refractivity contribution in [2.45, 2.75) is 44.3 Å². The Labute approximate surface area is 143 Å². The maximum absolute atomic E-state index is 11.1. The molecule has 0 aliphatic heterocycles. The maximum Gasteiger partial charge on any atom is 0.145 e. The van der Waals surface area contributed by atoms with Gasteiger partial charge in [-0.1, -0.05) is 34.4 Å². The SMILES string of the molecule is O=C1CC(OCc2c(-c3c(Cl)cccc3Cl)noc2C2CC2)C1. The number of rotatable bonds is 5. The minimum absolute atomic E-state index is 0.000907. The summed E-state index contributed by atoms with van der Waals surface area (Å²) in [5.74, 6) is 1.51. The van der Waals surface area contributed by atoms with Gasteiger partial charge >= 0.3 is 0 Å². The summed E-state index contributed by atoms with van der Waals surface area (Å²) < 4.78 is 11.4. The highest BCUT2D eigenvalue weighted by molar-refractivity contribution is 6.39. The van der Waals surface area contributed by atoms with Gasteiger partial charge in [0.15, 0.2) is 0 Å². The number of ketones is 1. The molecule has 1 aromatic heterocycles. The number of hydrogen-bond donors (Lipinski definition) is 0. The van der Waals surface area contributed by atoms with Gasteiger partial charge in [0.1, 0.15) is 17.2 Å². The summed E-state index contributed by atoms with van der Waals surface area (Å²) in [7, 11) is 0. The number of Topliss-reactive ketones (excluding diaryl/α,β-unsaturated/α-hetero) is 1. The van der Waals surface area contributed by atoms with Crippen molar-refractivity contribution in [2.24, 2.45) is 0 Å². The lowest BCUT2D eigenvalue weighted by atomic mass is 9.94. The topological polar surface area (TPSA) is 52.3 Å². The van der Waals surface area contributed by atoms with Crippen molar-refractivity contribution in [3.63, 3.8) is 0 Å². The summed E-state index contributed by atoms with van der Waals surface area (Å²) in [6.45, 7) is 0.365. The number of halogens is 2. The molecule has 6 heteroatoms. The minimum atomic E-state index is -0.000907. The minimum Gasteiger partial charge on any atom is -0.372 e. The molecule has 0 atom stereocenters. The second-order valence-electron chi connectivity index (χ2n) is 6.12. The number of carbonyl (C=O) groups excluding carboxylic acids is 1. The van der Waals surface area contributed by atoms with Crippen LogP contribution in [0.1, 0.15) is 42.9 Å². The zero-order valence-electron chi connectivity index (χ0n) is 12.4. The fourth-order valence-electron chi connectivity index (χ4n) is 2.82. The van der Waals surface area contributed by atoms with Crippen LogP contribution >= 0.6 is 23.2 Å². The first kappa shape index (κ1) is 15.2. The van der Waals surface area contributed by atoms with E-state index in [1.165, 1.54) is 0 Å². The van der Waals surface area contributed by atoms with E-state index in [4.69, 9.17) is 32.5 Å². The molecule has 120 valence electrons. The van der Waals surface area contributed by atoms with E-state index in [0.29, 0.717) is 46.7 Å². The van der Waals surface area contributed by atoms with Crippen molar-refractivity contribution in [1.82, 2.24) is 5.16 Å². The summed E-state index contributed by atoms with van der Waals surface area (Å²) in [6, 6.07) is 5.36. The molecule has 0 bridgehead atoms. The van der Waals surface area contributed by atoms with E-state index in [1.54, 1.807) is 18.2 Å². The highest BCUT2D eigenvalue weighted by atomic mass is 35.5. The van der Waals surface area contributed by atoms with Crippen molar-refractivity contribution in [3.8, 4) is 11.3 Å². The standard InChI is InChI=1S/C17H15Cl2NO3/c18-13-2-1-3-14(19)15(13)16-12(8-22-11-6-10(21)7-11)17(23-20-16)9-4-5-9/h1-3,9,11H,4-8H2. The molecule has 4 nitrogen and oxygen atoms in total. The summed E-state index contributed by atoms with van der Waals surface area (Å²) in [6.07, 6.45) is 3.18. The Morgan fingerprint density at radius 1 is 1.22 bits per heavy atom. The van der Waals surface area contributed by atoms with Crippen LogP contribution in [0.2, 0.25) is 10.0 Å². The van der Waals surface area contributed by atoms with Crippen LogP contribution in [-0.4, -0.2) is 17.0 Å². The van der Waals surface area contributed by atoms with Gasteiger partial charge in [0.25, 0.3) is 0 Å². The highest BCUT2D eigenvalue weighted by Crippen LogP contribution is 2.46. The van der Waals surface area contributed by atoms with E-state index in [0.717, 1.165) is 24.2 Å². The smallest absolute Gasteiger partial charge is 0.145 e. The third-order valence-corrected chi connectivity index (χ3v) is 4.97. The summed E-state index contributed by atoms with van der Waals surface area (Å²) >= 11 is 12.6. The molecule has 0 saturated heterocycles. The quantitative estimate of drug-likeness (QED) is 0.778. The third kappa shape index (κ3) is 2.91. The average Bonchev–Trinajstić information content (AvgIpc) is 3.24. The molecule has 0 radical (unpaired) electrons. The lowest BCUT2D eigenvalue weighted by molar-refractivity contribution is -0.135. The Bertz CT molecular complexity index is 739. The van der Waals surface area contributed by atoms with Gasteiger partial charge in [-0.3, -0.25) is 4.79 Å². The normalized spacial score (nSPS) is 18.3. The van der Waals surface area contributed by atoms with Gasteiger partial charge in [0.2, 0.25) is 0 Å². The summed E-state index contributed by atoms with van der Waals surface area (Å²) in [5.41, 5.74) is 2.23. The fourth-order valence-corrected chi connectivity index (χ4v) is 3.39. The molecule has 1 heterocycles. The molecule has 2 aromatic rings. The van der Waals surface area contributed by atoms with Crippen LogP contribution in [0.25, 0.3) is 11.3 Å². The average molecular weight is 352 g/mol. The number of aromatic nitrogens is 1. The molecule has 2 aliphatic carbocycles. The fraction of sp³-hybridized carbons (Fsp3) is 0.412. The van der Waals surface area contributed by atoms with Gasteiger partial charge in [0.05, 0.1) is 22.8 Å². The monoisotopic (exact) mass is 351 g/mol. The molecule has 23 heavy (non-hydrogen) atoms. The largest absolute Gasteiger partial charge is 0.372 e. The molecule has 2 saturated carbocycles. The predicted octanol–water partition coefficient (Wildman–Crippen LogP) is 4.77. The molecule has 2 aliphatic rings. The van der Waals surface area contributed by atoms with E-state index in [9.17, 15) is 4.79 Å². The molecule has 4 rings (SSSR count). The zero-order valence-corrected chi connectivity index (χ0v) is 13.9. The van der Waals surface area contributed by atoms with Crippen molar-refractivity contribution in [2.75, 3.05) is 0 Å². The van der Waals surface area contributed by atoms with Crippen LogP contribution in [0.4, 0.5) is 0 Å². The van der Waals surface area contributed by atoms with Gasteiger partial charge in [-0.2, -0.15) is 0 Å². The highest BCUT2D eigenvalue weighted by Gasteiger charge is 2.34. The lowest BCUT2D eigenvalue weighted by Gasteiger charge is -2.24. The third-order valence-electron chi connectivity index (χ3n) is 4.34. The molecule has 0 amide bonds. The van der Waals surface area contributed by atoms with E-state index in [1.807, 2.05) is 0 Å². The number of carbonyl (C=O) groups is 1. The number of hydrogen-bond acceptors (Lipinski definition) is 4. The van der Waals surface area contributed by atoms with E-state index < -0.39 is 0 Å². The first-order valence-electron chi connectivity index (χ1n) is 7.69. The van der Waals surface area contributed by atoms with Gasteiger partial charge < -0.3 is 9.26 Å². The molecular formula is C17H15Cl2NO3. The summed E-state index contributed by atoms with van der Waals surface area (Å²) in [5, 5.41) is 5.29. The summed E-state index contributed by atoms with van der Waals surface area (Å²) in [4.78, 5) is 11.1. The molecule has 2 fully saturated rings. The van der Waals surface area contributed by atoms with Crippen LogP contribution in [0.5, 0.6) is 0 Å². The molecule has 0 N–H and O–H groups in total. The van der Waals surface area contributed by atoms with Gasteiger partial charge in [-0.15, -0.1) is 0 Å². The van der Waals surface area contributed by atoms with Crippen LogP contribution in [0.15, 0.2) is 22.7 Å². The van der Waals surface area contributed by atoms with E-state index in [-0.39, 0.29) is 11.9 Å². The molecule has 0 unspecified atom stereocenters. The van der Waals surface area contributed by atoms with Crippen molar-refractivity contribution >= 4 is 29.0 Å². The number of ether oxygens (including phenoxy) is 1. The Balaban J connectivity index is 1.67. The number of benzene rings is 1. The van der Waals surface area contributed by atoms with Crippen LogP contribution < -0.4 is 0 Å². The Morgan fingerprint density at radius 3 is 2.52 bits per heavy atom. The van der Waals surface area contributed by atoms with Crippen LogP contribution in [0.3, 0.4) is 0 Å². The second kappa shape index (κ2) is 5.93. The molecular weight excluding hydrogens is 337 g/mol. The van der Waals surface area contributed by atoms with E-state index >= 15 is 0 Å². The van der Waals surface area contributed by atoms with Crippen LogP contribution in [0, 0.1) is 0 Å². The number of nitrogens with zero attached hydrogens (tertiary/aromatic N) is 1. The van der Waals surface area contributed by atoms with Crippen molar-refractivity contribution in [3.05, 3.63) is 39.6 Å². The lowest BCUT2D eigenvalue weighted by Crippen LogP contribution is -2.31. The Hall–Kier alpha value is -1.36. The molecule has 1 aromatic carbocycles. The van der Waals surface area contributed by atoms with Gasteiger partial charge in [0, 0.05) is 29.9 Å².